The average Bonchev–Trinajstić information content (AvgIpc) is 3.58. The van der Waals surface area contributed by atoms with Crippen molar-refractivity contribution in [3.8, 4) is 23.0 Å². The quantitative estimate of drug-likeness (QED) is 0.353. The lowest BCUT2D eigenvalue weighted by Gasteiger charge is -2.26. The zero-order chi connectivity index (χ0) is 33.8. The minimum absolute atomic E-state index is 0.0284. The van der Waals surface area contributed by atoms with Crippen molar-refractivity contribution >= 4 is 23.6 Å². The van der Waals surface area contributed by atoms with Crippen LogP contribution in [0.3, 0.4) is 0 Å². The number of ether oxygens (including phenoxy) is 3. The number of hydrogen-bond acceptors (Lipinski definition) is 8. The maximum absolute atomic E-state index is 13.5. The van der Waals surface area contributed by atoms with Crippen LogP contribution in [0, 0.1) is 5.92 Å². The number of rotatable bonds is 7. The maximum Gasteiger partial charge on any atom is 0.251 e. The number of hydrogen-bond donors (Lipinski definition) is 3. The summed E-state index contributed by atoms with van der Waals surface area (Å²) in [6.45, 7) is 4.78. The van der Waals surface area contributed by atoms with Gasteiger partial charge in [-0.25, -0.2) is 0 Å². The summed E-state index contributed by atoms with van der Waals surface area (Å²) in [5, 5.41) is 12.8. The fourth-order valence-electron chi connectivity index (χ4n) is 5.24. The first-order valence-corrected chi connectivity index (χ1v) is 15.8. The highest BCUT2D eigenvalue weighted by molar-refractivity contribution is 5.95. The second-order valence-corrected chi connectivity index (χ2v) is 11.6. The molecule has 1 aliphatic heterocycles. The maximum atomic E-state index is 13.5. The summed E-state index contributed by atoms with van der Waals surface area (Å²) in [5.74, 6) is 0.0596. The number of benzene rings is 2. The van der Waals surface area contributed by atoms with Gasteiger partial charge in [0.05, 0.1) is 32.9 Å². The molecule has 4 rings (SSSR count). The monoisotopic (exact) mass is 648 g/mol. The van der Waals surface area contributed by atoms with Gasteiger partial charge in [-0.2, -0.15) is 5.10 Å². The number of amides is 4. The van der Waals surface area contributed by atoms with Gasteiger partial charge in [0.25, 0.3) is 5.91 Å². The first-order valence-electron chi connectivity index (χ1n) is 15.8. The van der Waals surface area contributed by atoms with Gasteiger partial charge in [-0.3, -0.25) is 23.9 Å². The van der Waals surface area contributed by atoms with Crippen molar-refractivity contribution in [2.75, 3.05) is 33.9 Å². The lowest BCUT2D eigenvalue weighted by Crippen LogP contribution is -2.52. The predicted octanol–water partition coefficient (Wildman–Crippen LogP) is 3.28. The standard InChI is InChI=1S/C34H44N6O7/c1-23(2)32-34(44)36-21-25-26(45-3)10-7-11-27(25)47-29-20-24(13-14-28(29)46-4)33(43)35-15-5-6-17-39(22-30(41)38-32)31(42)12-8-18-40-19-9-16-37-40/h7,9-11,13-14,16,19-20,23,32H,5-6,8,12,15,17-18,21-22H2,1-4H3,(H,35,43)(H,36,44)(H,38,41)/t32-/m1/s1. The molecule has 0 spiro atoms. The first kappa shape index (κ1) is 34.8. The van der Waals surface area contributed by atoms with Gasteiger partial charge in [-0.15, -0.1) is 0 Å². The highest BCUT2D eigenvalue weighted by Gasteiger charge is 2.27. The molecule has 1 aromatic heterocycles. The summed E-state index contributed by atoms with van der Waals surface area (Å²) in [6.07, 6.45) is 5.45. The lowest BCUT2D eigenvalue weighted by molar-refractivity contribution is -0.137. The topological polar surface area (TPSA) is 153 Å². The van der Waals surface area contributed by atoms with E-state index >= 15 is 0 Å². The van der Waals surface area contributed by atoms with E-state index in [-0.39, 0.29) is 37.2 Å². The van der Waals surface area contributed by atoms with Gasteiger partial charge in [0.1, 0.15) is 17.5 Å². The van der Waals surface area contributed by atoms with Crippen LogP contribution < -0.4 is 30.2 Å². The highest BCUT2D eigenvalue weighted by Crippen LogP contribution is 2.37. The Hall–Kier alpha value is -5.07. The molecule has 252 valence electrons. The van der Waals surface area contributed by atoms with E-state index in [1.807, 2.05) is 26.1 Å². The molecule has 1 aliphatic rings. The summed E-state index contributed by atoms with van der Waals surface area (Å²) < 4.78 is 19.1. The highest BCUT2D eigenvalue weighted by atomic mass is 16.5. The summed E-state index contributed by atoms with van der Waals surface area (Å²) in [5.41, 5.74) is 0.925. The summed E-state index contributed by atoms with van der Waals surface area (Å²) >= 11 is 0. The third kappa shape index (κ3) is 9.71. The van der Waals surface area contributed by atoms with E-state index in [1.54, 1.807) is 47.3 Å². The van der Waals surface area contributed by atoms with E-state index in [0.717, 1.165) is 0 Å². The number of carbonyl (C=O) groups excluding carboxylic acids is 4. The molecule has 13 heteroatoms. The molecule has 0 fully saturated rings. The summed E-state index contributed by atoms with van der Waals surface area (Å²) in [7, 11) is 3.02. The summed E-state index contributed by atoms with van der Waals surface area (Å²) in [6, 6.07) is 11.1. The largest absolute Gasteiger partial charge is 0.496 e. The van der Waals surface area contributed by atoms with Crippen LogP contribution in [0.1, 0.15) is 55.5 Å². The van der Waals surface area contributed by atoms with Gasteiger partial charge < -0.3 is 35.1 Å². The molecular formula is C34H44N6O7. The van der Waals surface area contributed by atoms with Crippen LogP contribution in [0.25, 0.3) is 0 Å². The van der Waals surface area contributed by atoms with E-state index in [0.29, 0.717) is 73.0 Å². The normalized spacial score (nSPS) is 16.7. The van der Waals surface area contributed by atoms with Gasteiger partial charge in [0.2, 0.25) is 17.7 Å². The van der Waals surface area contributed by atoms with Crippen molar-refractivity contribution in [1.29, 1.82) is 0 Å². The van der Waals surface area contributed by atoms with Crippen molar-refractivity contribution < 1.29 is 33.4 Å². The summed E-state index contributed by atoms with van der Waals surface area (Å²) in [4.78, 5) is 54.6. The van der Waals surface area contributed by atoms with Crippen molar-refractivity contribution in [2.24, 2.45) is 5.92 Å². The van der Waals surface area contributed by atoms with Crippen molar-refractivity contribution in [2.45, 2.75) is 58.7 Å². The number of nitrogens with zero attached hydrogens (tertiary/aromatic N) is 3. The number of nitrogens with one attached hydrogen (secondary N) is 3. The number of carbonyl (C=O) groups is 4. The molecule has 13 nitrogen and oxygen atoms in total. The Balaban J connectivity index is 1.59. The fourth-order valence-corrected chi connectivity index (χ4v) is 5.24. The Kier molecular flexibility index (Phi) is 12.6. The van der Waals surface area contributed by atoms with Crippen LogP contribution in [0.15, 0.2) is 54.9 Å². The zero-order valence-electron chi connectivity index (χ0n) is 27.4. The molecule has 2 bridgehead atoms. The smallest absolute Gasteiger partial charge is 0.251 e. The second kappa shape index (κ2) is 17.0. The minimum Gasteiger partial charge on any atom is -0.496 e. The Bertz CT molecular complexity index is 1530. The van der Waals surface area contributed by atoms with Gasteiger partial charge in [0, 0.05) is 44.0 Å². The van der Waals surface area contributed by atoms with Crippen molar-refractivity contribution in [3.05, 3.63) is 66.0 Å². The molecule has 47 heavy (non-hydrogen) atoms. The van der Waals surface area contributed by atoms with E-state index < -0.39 is 17.9 Å². The predicted molar refractivity (Wildman–Crippen MR) is 174 cm³/mol. The van der Waals surface area contributed by atoms with Crippen LogP contribution >= 0.6 is 0 Å². The SMILES string of the molecule is COc1ccc2cc1Oc1cccc(OC)c1CNC(=O)[C@@H](C(C)C)NC(=O)CN(C(=O)CCCn1cccn1)CCCCNC2=O. The molecule has 3 aromatic rings. The third-order valence-electron chi connectivity index (χ3n) is 7.83. The van der Waals surface area contributed by atoms with Gasteiger partial charge >= 0.3 is 0 Å². The van der Waals surface area contributed by atoms with E-state index in [1.165, 1.54) is 19.1 Å². The number of aromatic nitrogens is 2. The molecule has 2 aromatic carbocycles. The molecule has 0 aliphatic carbocycles. The Morgan fingerprint density at radius 2 is 1.83 bits per heavy atom. The Labute approximate surface area is 274 Å². The molecule has 1 atom stereocenters. The molecule has 0 saturated carbocycles. The number of methoxy groups -OCH3 is 2. The second-order valence-electron chi connectivity index (χ2n) is 11.6. The first-order chi connectivity index (χ1) is 22.7. The third-order valence-corrected chi connectivity index (χ3v) is 7.83. The fraction of sp³-hybridized carbons (Fsp3) is 0.441. The van der Waals surface area contributed by atoms with E-state index in [9.17, 15) is 19.2 Å². The van der Waals surface area contributed by atoms with Crippen LogP contribution in [0.5, 0.6) is 23.0 Å². The van der Waals surface area contributed by atoms with Crippen LogP contribution in [-0.2, 0) is 27.5 Å². The molecule has 4 amide bonds. The molecule has 0 radical (unpaired) electrons. The molecule has 0 unspecified atom stereocenters. The number of aryl methyl sites for hydroxylation is 1. The van der Waals surface area contributed by atoms with Crippen molar-refractivity contribution in [3.63, 3.8) is 0 Å². The Morgan fingerprint density at radius 3 is 2.55 bits per heavy atom. The zero-order valence-corrected chi connectivity index (χ0v) is 27.4. The van der Waals surface area contributed by atoms with Crippen LogP contribution in [0.2, 0.25) is 0 Å². The van der Waals surface area contributed by atoms with Crippen LogP contribution in [0.4, 0.5) is 0 Å². The minimum atomic E-state index is -0.851. The molecule has 3 N–H and O–H groups in total. The van der Waals surface area contributed by atoms with Crippen LogP contribution in [-0.4, -0.2) is 78.2 Å². The lowest BCUT2D eigenvalue weighted by atomic mass is 10.0. The average molecular weight is 649 g/mol. The van der Waals surface area contributed by atoms with Crippen molar-refractivity contribution in [1.82, 2.24) is 30.6 Å². The van der Waals surface area contributed by atoms with Gasteiger partial charge in [-0.1, -0.05) is 19.9 Å². The van der Waals surface area contributed by atoms with Gasteiger partial charge in [0.15, 0.2) is 11.5 Å². The van der Waals surface area contributed by atoms with E-state index in [4.69, 9.17) is 14.2 Å². The molecule has 2 heterocycles. The number of fused-ring (bicyclic) bond motifs is 3. The van der Waals surface area contributed by atoms with Gasteiger partial charge in [-0.05, 0) is 61.6 Å². The molecule has 0 saturated heterocycles. The Morgan fingerprint density at radius 1 is 1.02 bits per heavy atom. The molecular weight excluding hydrogens is 604 g/mol. The van der Waals surface area contributed by atoms with E-state index in [2.05, 4.69) is 21.0 Å².